The Bertz CT molecular complexity index is 189. The number of hydrogen-bond donors (Lipinski definition) is 1. The topological polar surface area (TPSA) is 46.0 Å². The van der Waals surface area contributed by atoms with Gasteiger partial charge in [0.05, 0.1) is 7.11 Å². The number of nitrogens with zero attached hydrogens (tertiary/aromatic N) is 2. The summed E-state index contributed by atoms with van der Waals surface area (Å²) < 4.78 is 4.81. The molecule has 1 unspecified atom stereocenters. The maximum Gasteiger partial charge on any atom is 0.293 e. The van der Waals surface area contributed by atoms with Crippen LogP contribution in [0.3, 0.4) is 0 Å². The van der Waals surface area contributed by atoms with Crippen molar-refractivity contribution in [2.24, 2.45) is 9.98 Å². The predicted molar refractivity (Wildman–Crippen MR) is 40.3 cm³/mol. The zero-order chi connectivity index (χ0) is 7.56. The Labute approximate surface area is 64.0 Å². The number of rotatable bonds is 0. The first-order chi connectivity index (χ1) is 4.72. The number of halogens is 1. The van der Waals surface area contributed by atoms with Gasteiger partial charge in [0, 0.05) is 0 Å². The van der Waals surface area contributed by atoms with Crippen molar-refractivity contribution in [1.29, 1.82) is 0 Å². The van der Waals surface area contributed by atoms with Crippen molar-refractivity contribution >= 4 is 22.9 Å². The molecule has 5 heteroatoms. The summed E-state index contributed by atoms with van der Waals surface area (Å²) in [4.78, 5) is 7.63. The minimum absolute atomic E-state index is 0.0556. The molecular weight excluding hydrogens is 154 g/mol. The van der Waals surface area contributed by atoms with Gasteiger partial charge in [-0.1, -0.05) is 0 Å². The SMILES string of the molecule is COC1=NC(Cl)=NC(C)N1. The fourth-order valence-corrected chi connectivity index (χ4v) is 0.843. The Kier molecular flexibility index (Phi) is 2.11. The molecule has 1 aliphatic rings. The third-order valence-corrected chi connectivity index (χ3v) is 1.20. The number of amidine groups is 2. The molecule has 4 nitrogen and oxygen atoms in total. The van der Waals surface area contributed by atoms with E-state index in [-0.39, 0.29) is 11.5 Å². The van der Waals surface area contributed by atoms with E-state index in [1.807, 2.05) is 6.92 Å². The lowest BCUT2D eigenvalue weighted by Crippen LogP contribution is -2.36. The number of hydrogen-bond acceptors (Lipinski definition) is 4. The molecule has 0 spiro atoms. The molecule has 0 saturated carbocycles. The van der Waals surface area contributed by atoms with E-state index >= 15 is 0 Å². The summed E-state index contributed by atoms with van der Waals surface area (Å²) in [6, 6.07) is 0.410. The molecule has 0 aromatic carbocycles. The zero-order valence-electron chi connectivity index (χ0n) is 5.76. The summed E-state index contributed by atoms with van der Waals surface area (Å²) >= 11 is 5.53. The number of aliphatic imine (C=N–C) groups is 2. The van der Waals surface area contributed by atoms with Crippen molar-refractivity contribution in [2.45, 2.75) is 13.1 Å². The van der Waals surface area contributed by atoms with Crippen LogP contribution in [0.4, 0.5) is 0 Å². The van der Waals surface area contributed by atoms with Crippen LogP contribution >= 0.6 is 11.6 Å². The van der Waals surface area contributed by atoms with Crippen LogP contribution in [0.15, 0.2) is 9.98 Å². The van der Waals surface area contributed by atoms with Gasteiger partial charge in [-0.25, -0.2) is 4.99 Å². The van der Waals surface area contributed by atoms with E-state index in [9.17, 15) is 0 Å². The molecule has 1 rings (SSSR count). The second-order valence-electron chi connectivity index (χ2n) is 1.84. The van der Waals surface area contributed by atoms with Gasteiger partial charge in [-0.2, -0.15) is 4.99 Å². The Morgan fingerprint density at radius 3 is 2.90 bits per heavy atom. The lowest BCUT2D eigenvalue weighted by molar-refractivity contribution is 0.371. The van der Waals surface area contributed by atoms with Crippen molar-refractivity contribution in [3.05, 3.63) is 0 Å². The van der Waals surface area contributed by atoms with Gasteiger partial charge < -0.3 is 10.1 Å². The summed E-state index contributed by atoms with van der Waals surface area (Å²) in [5.41, 5.74) is 0. The van der Waals surface area contributed by atoms with Gasteiger partial charge in [0.1, 0.15) is 6.17 Å². The highest BCUT2D eigenvalue weighted by molar-refractivity contribution is 6.65. The first-order valence-corrected chi connectivity index (χ1v) is 3.22. The van der Waals surface area contributed by atoms with Gasteiger partial charge in [0.2, 0.25) is 5.29 Å². The smallest absolute Gasteiger partial charge is 0.293 e. The Balaban J connectivity index is 2.70. The lowest BCUT2D eigenvalue weighted by atomic mass is 10.6. The first-order valence-electron chi connectivity index (χ1n) is 2.85. The van der Waals surface area contributed by atoms with Crippen LogP contribution in [0.2, 0.25) is 0 Å². The average Bonchev–Trinajstić information content (AvgIpc) is 1.85. The van der Waals surface area contributed by atoms with Crippen molar-refractivity contribution < 1.29 is 4.74 Å². The largest absolute Gasteiger partial charge is 0.468 e. The van der Waals surface area contributed by atoms with Crippen LogP contribution < -0.4 is 5.32 Å². The molecule has 0 aromatic heterocycles. The summed E-state index contributed by atoms with van der Waals surface area (Å²) in [7, 11) is 1.52. The Morgan fingerprint density at radius 2 is 2.40 bits per heavy atom. The molecule has 1 aliphatic heterocycles. The maximum absolute atomic E-state index is 5.53. The molecule has 0 aliphatic carbocycles. The van der Waals surface area contributed by atoms with Crippen molar-refractivity contribution in [3.63, 3.8) is 0 Å². The highest BCUT2D eigenvalue weighted by Gasteiger charge is 2.10. The molecule has 56 valence electrons. The molecule has 0 bridgehead atoms. The fourth-order valence-electron chi connectivity index (χ4n) is 0.620. The zero-order valence-corrected chi connectivity index (χ0v) is 6.51. The third kappa shape index (κ3) is 1.60. The van der Waals surface area contributed by atoms with Crippen LogP contribution in [-0.4, -0.2) is 24.6 Å². The van der Waals surface area contributed by atoms with Crippen molar-refractivity contribution in [2.75, 3.05) is 7.11 Å². The van der Waals surface area contributed by atoms with Gasteiger partial charge in [0.25, 0.3) is 6.02 Å². The van der Waals surface area contributed by atoms with Gasteiger partial charge in [-0.15, -0.1) is 0 Å². The van der Waals surface area contributed by atoms with E-state index in [0.717, 1.165) is 0 Å². The highest BCUT2D eigenvalue weighted by Crippen LogP contribution is 1.99. The van der Waals surface area contributed by atoms with Crippen LogP contribution in [0, 0.1) is 0 Å². The monoisotopic (exact) mass is 161 g/mol. The van der Waals surface area contributed by atoms with Gasteiger partial charge in [-0.05, 0) is 18.5 Å². The molecule has 0 aromatic rings. The van der Waals surface area contributed by atoms with E-state index in [1.165, 1.54) is 7.11 Å². The van der Waals surface area contributed by atoms with E-state index in [4.69, 9.17) is 16.3 Å². The lowest BCUT2D eigenvalue weighted by Gasteiger charge is -2.15. The molecule has 0 fully saturated rings. The highest BCUT2D eigenvalue weighted by atomic mass is 35.5. The summed E-state index contributed by atoms with van der Waals surface area (Å²) in [6.07, 6.45) is -0.0556. The average molecular weight is 162 g/mol. The van der Waals surface area contributed by atoms with E-state index in [2.05, 4.69) is 15.3 Å². The van der Waals surface area contributed by atoms with E-state index in [1.54, 1.807) is 0 Å². The van der Waals surface area contributed by atoms with Crippen molar-refractivity contribution in [3.8, 4) is 0 Å². The van der Waals surface area contributed by atoms with E-state index < -0.39 is 0 Å². The Morgan fingerprint density at radius 1 is 1.70 bits per heavy atom. The number of methoxy groups -OCH3 is 1. The van der Waals surface area contributed by atoms with Crippen LogP contribution in [0.25, 0.3) is 0 Å². The van der Waals surface area contributed by atoms with Gasteiger partial charge in [0.15, 0.2) is 0 Å². The standard InChI is InChI=1S/C5H8ClN3O/c1-3-7-4(6)9-5(8-3)10-2/h3H,1-2H3,(H,7,8,9). The molecule has 1 heterocycles. The minimum atomic E-state index is -0.0556. The third-order valence-electron chi connectivity index (χ3n) is 1.02. The number of nitrogens with one attached hydrogen (secondary N) is 1. The normalized spacial score (nSPS) is 24.5. The molecule has 0 amide bonds. The van der Waals surface area contributed by atoms with E-state index in [0.29, 0.717) is 6.02 Å². The quantitative estimate of drug-likeness (QED) is 0.527. The van der Waals surface area contributed by atoms with Gasteiger partial charge >= 0.3 is 0 Å². The fraction of sp³-hybridized carbons (Fsp3) is 0.600. The summed E-state index contributed by atoms with van der Waals surface area (Å²) in [5, 5.41) is 3.08. The molecular formula is C5H8ClN3O. The molecule has 0 radical (unpaired) electrons. The van der Waals surface area contributed by atoms with Crippen LogP contribution in [0.5, 0.6) is 0 Å². The van der Waals surface area contributed by atoms with Crippen molar-refractivity contribution in [1.82, 2.24) is 5.32 Å². The second-order valence-corrected chi connectivity index (χ2v) is 2.18. The van der Waals surface area contributed by atoms with Crippen LogP contribution in [0.1, 0.15) is 6.92 Å². The molecule has 1 N–H and O–H groups in total. The first kappa shape index (κ1) is 7.34. The Hall–Kier alpha value is -0.770. The maximum atomic E-state index is 5.53. The van der Waals surface area contributed by atoms with Crippen LogP contribution in [-0.2, 0) is 4.74 Å². The van der Waals surface area contributed by atoms with Gasteiger partial charge in [-0.3, -0.25) is 0 Å². The number of ether oxygens (including phenoxy) is 1. The summed E-state index contributed by atoms with van der Waals surface area (Å²) in [6.45, 7) is 1.86. The predicted octanol–water partition coefficient (Wildman–Crippen LogP) is 0.533. The molecule has 10 heavy (non-hydrogen) atoms. The second kappa shape index (κ2) is 2.88. The summed E-state index contributed by atoms with van der Waals surface area (Å²) in [5.74, 6) is 0. The minimum Gasteiger partial charge on any atom is -0.468 e. The molecule has 0 saturated heterocycles. The molecule has 1 atom stereocenters.